The van der Waals surface area contributed by atoms with Crippen molar-refractivity contribution in [3.05, 3.63) is 42.1 Å². The quantitative estimate of drug-likeness (QED) is 0.930. The number of ether oxygens (including phenoxy) is 1. The fourth-order valence-electron chi connectivity index (χ4n) is 2.44. The molecule has 1 amide bonds. The van der Waals surface area contributed by atoms with Crippen LogP contribution in [0.4, 0.5) is 13.2 Å². The number of imidazole rings is 1. The van der Waals surface area contributed by atoms with E-state index in [1.807, 2.05) is 0 Å². The van der Waals surface area contributed by atoms with Crippen LogP contribution >= 0.6 is 0 Å². The minimum Gasteiger partial charge on any atom is -0.379 e. The maximum absolute atomic E-state index is 13.1. The lowest BCUT2D eigenvalue weighted by molar-refractivity contribution is -0.137. The van der Waals surface area contributed by atoms with E-state index in [2.05, 4.69) is 15.3 Å². The van der Waals surface area contributed by atoms with Crippen molar-refractivity contribution in [3.8, 4) is 5.82 Å². The number of alkyl halides is 3. The maximum atomic E-state index is 13.1. The van der Waals surface area contributed by atoms with Gasteiger partial charge in [-0.1, -0.05) is 0 Å². The van der Waals surface area contributed by atoms with E-state index in [9.17, 15) is 18.0 Å². The van der Waals surface area contributed by atoms with Crippen molar-refractivity contribution in [1.29, 1.82) is 0 Å². The van der Waals surface area contributed by atoms with E-state index in [-0.39, 0.29) is 17.6 Å². The summed E-state index contributed by atoms with van der Waals surface area (Å²) in [4.78, 5) is 20.1. The van der Waals surface area contributed by atoms with Crippen molar-refractivity contribution < 1.29 is 22.7 Å². The Morgan fingerprint density at radius 1 is 1.38 bits per heavy atom. The largest absolute Gasteiger partial charge is 0.416 e. The second-order valence-corrected chi connectivity index (χ2v) is 5.45. The Balaban J connectivity index is 1.91. The molecule has 2 aromatic heterocycles. The molecule has 0 spiro atoms. The normalized spacial score (nSPS) is 18.4. The molecule has 1 atom stereocenters. The molecule has 1 fully saturated rings. The first-order valence-electron chi connectivity index (χ1n) is 7.40. The highest BCUT2D eigenvalue weighted by Crippen LogP contribution is 2.30. The first-order chi connectivity index (χ1) is 11.4. The molecule has 0 saturated carbocycles. The van der Waals surface area contributed by atoms with Gasteiger partial charge in [-0.2, -0.15) is 13.2 Å². The van der Waals surface area contributed by atoms with E-state index in [4.69, 9.17) is 4.74 Å². The average Bonchev–Trinajstić information content (AvgIpc) is 3.09. The number of pyridine rings is 1. The highest BCUT2D eigenvalue weighted by molar-refractivity contribution is 5.93. The van der Waals surface area contributed by atoms with Crippen molar-refractivity contribution in [2.45, 2.75) is 25.1 Å². The number of aromatic nitrogens is 3. The number of nitrogens with zero attached hydrogens (tertiary/aromatic N) is 3. The van der Waals surface area contributed by atoms with E-state index in [0.717, 1.165) is 25.0 Å². The van der Waals surface area contributed by atoms with Gasteiger partial charge in [-0.25, -0.2) is 9.97 Å². The van der Waals surface area contributed by atoms with Gasteiger partial charge in [0.25, 0.3) is 5.91 Å². The molecule has 1 aliphatic rings. The topological polar surface area (TPSA) is 69.0 Å². The fraction of sp³-hybridized carbons (Fsp3) is 0.400. The van der Waals surface area contributed by atoms with Crippen LogP contribution in [0.15, 0.2) is 30.9 Å². The van der Waals surface area contributed by atoms with E-state index >= 15 is 0 Å². The van der Waals surface area contributed by atoms with Crippen LogP contribution in [0.1, 0.15) is 28.9 Å². The third-order valence-electron chi connectivity index (χ3n) is 3.64. The monoisotopic (exact) mass is 340 g/mol. The predicted octanol–water partition coefficient (Wildman–Crippen LogP) is 2.19. The molecule has 3 heterocycles. The molecule has 0 aromatic carbocycles. The SMILES string of the molecule is O=C(N[C@@H]1CCCOC1)c1cc(C(F)(F)F)cc(-n2ccnc2)n1. The van der Waals surface area contributed by atoms with E-state index < -0.39 is 17.6 Å². The average molecular weight is 340 g/mol. The Kier molecular flexibility index (Phi) is 4.52. The van der Waals surface area contributed by atoms with Crippen LogP contribution < -0.4 is 5.32 Å². The number of hydrogen-bond donors (Lipinski definition) is 1. The molecule has 0 unspecified atom stereocenters. The first-order valence-corrected chi connectivity index (χ1v) is 7.40. The molecule has 1 saturated heterocycles. The lowest BCUT2D eigenvalue weighted by atomic mass is 10.1. The van der Waals surface area contributed by atoms with Crippen LogP contribution in [-0.2, 0) is 10.9 Å². The third-order valence-corrected chi connectivity index (χ3v) is 3.64. The number of carbonyl (C=O) groups is 1. The lowest BCUT2D eigenvalue weighted by Gasteiger charge is -2.23. The molecule has 128 valence electrons. The summed E-state index contributed by atoms with van der Waals surface area (Å²) in [6.45, 7) is 0.970. The number of amides is 1. The molecule has 1 N–H and O–H groups in total. The van der Waals surface area contributed by atoms with Crippen molar-refractivity contribution in [1.82, 2.24) is 19.9 Å². The summed E-state index contributed by atoms with van der Waals surface area (Å²) in [6.07, 6.45) is 1.13. The summed E-state index contributed by atoms with van der Waals surface area (Å²) in [6, 6.07) is 1.40. The summed E-state index contributed by atoms with van der Waals surface area (Å²) in [5.74, 6) is -0.676. The van der Waals surface area contributed by atoms with Gasteiger partial charge in [-0.05, 0) is 25.0 Å². The van der Waals surface area contributed by atoms with Crippen LogP contribution in [0.5, 0.6) is 0 Å². The Labute approximate surface area is 135 Å². The standard InChI is InChI=1S/C15H15F3N4O2/c16-15(17,18)10-6-12(14(23)20-11-2-1-5-24-8-11)21-13(7-10)22-4-3-19-9-22/h3-4,6-7,9,11H,1-2,5,8H2,(H,20,23)/t11-/m1/s1. The van der Waals surface area contributed by atoms with Gasteiger partial charge in [-0.3, -0.25) is 9.36 Å². The number of carbonyl (C=O) groups excluding carboxylic acids is 1. The fourth-order valence-corrected chi connectivity index (χ4v) is 2.44. The van der Waals surface area contributed by atoms with Crippen molar-refractivity contribution in [3.63, 3.8) is 0 Å². The number of rotatable bonds is 3. The smallest absolute Gasteiger partial charge is 0.379 e. The second-order valence-electron chi connectivity index (χ2n) is 5.45. The molecule has 3 rings (SSSR count). The van der Waals surface area contributed by atoms with Crippen LogP contribution in [-0.4, -0.2) is 39.7 Å². The number of hydrogen-bond acceptors (Lipinski definition) is 4. The van der Waals surface area contributed by atoms with Gasteiger partial charge in [0.2, 0.25) is 0 Å². The van der Waals surface area contributed by atoms with Gasteiger partial charge in [0.1, 0.15) is 17.8 Å². The zero-order chi connectivity index (χ0) is 17.2. The minimum atomic E-state index is -4.58. The summed E-state index contributed by atoms with van der Waals surface area (Å²) < 4.78 is 45.9. The molecule has 6 nitrogen and oxygen atoms in total. The Morgan fingerprint density at radius 3 is 2.83 bits per heavy atom. The van der Waals surface area contributed by atoms with Gasteiger partial charge in [-0.15, -0.1) is 0 Å². The lowest BCUT2D eigenvalue weighted by Crippen LogP contribution is -2.41. The predicted molar refractivity (Wildman–Crippen MR) is 77.7 cm³/mol. The molecule has 1 aliphatic heterocycles. The summed E-state index contributed by atoms with van der Waals surface area (Å²) in [5, 5.41) is 2.67. The van der Waals surface area contributed by atoms with Crippen molar-refractivity contribution in [2.24, 2.45) is 0 Å². The maximum Gasteiger partial charge on any atom is 0.416 e. The third kappa shape index (κ3) is 3.73. The first kappa shape index (κ1) is 16.4. The number of nitrogens with one attached hydrogen (secondary N) is 1. The van der Waals surface area contributed by atoms with Crippen LogP contribution in [0.2, 0.25) is 0 Å². The molecule has 0 bridgehead atoms. The Hall–Kier alpha value is -2.42. The Morgan fingerprint density at radius 2 is 2.21 bits per heavy atom. The van der Waals surface area contributed by atoms with Crippen molar-refractivity contribution in [2.75, 3.05) is 13.2 Å². The Bertz CT molecular complexity index is 710. The summed E-state index contributed by atoms with van der Waals surface area (Å²) in [7, 11) is 0. The molecule has 24 heavy (non-hydrogen) atoms. The molecular formula is C15H15F3N4O2. The van der Waals surface area contributed by atoms with Crippen molar-refractivity contribution >= 4 is 5.91 Å². The zero-order valence-electron chi connectivity index (χ0n) is 12.6. The molecule has 0 radical (unpaired) electrons. The van der Waals surface area contributed by atoms with Gasteiger partial charge >= 0.3 is 6.18 Å². The van der Waals surface area contributed by atoms with E-state index in [1.54, 1.807) is 0 Å². The molecule has 0 aliphatic carbocycles. The van der Waals surface area contributed by atoms with Crippen LogP contribution in [0.25, 0.3) is 5.82 Å². The summed E-state index contributed by atoms with van der Waals surface area (Å²) in [5.41, 5.74) is -1.23. The van der Waals surface area contributed by atoms with Crippen LogP contribution in [0, 0.1) is 0 Å². The molecule has 2 aromatic rings. The minimum absolute atomic E-state index is 0.0210. The summed E-state index contributed by atoms with van der Waals surface area (Å²) >= 11 is 0. The molecular weight excluding hydrogens is 325 g/mol. The highest BCUT2D eigenvalue weighted by Gasteiger charge is 2.33. The van der Waals surface area contributed by atoms with Gasteiger partial charge in [0.15, 0.2) is 0 Å². The van der Waals surface area contributed by atoms with Gasteiger partial charge < -0.3 is 10.1 Å². The van der Waals surface area contributed by atoms with E-state index in [1.165, 1.54) is 23.3 Å². The van der Waals surface area contributed by atoms with E-state index in [0.29, 0.717) is 13.2 Å². The second kappa shape index (κ2) is 6.60. The highest BCUT2D eigenvalue weighted by atomic mass is 19.4. The van der Waals surface area contributed by atoms with Gasteiger partial charge in [0, 0.05) is 19.0 Å². The molecule has 9 heteroatoms. The number of halogens is 3. The zero-order valence-corrected chi connectivity index (χ0v) is 12.6. The van der Waals surface area contributed by atoms with Crippen LogP contribution in [0.3, 0.4) is 0 Å². The van der Waals surface area contributed by atoms with Gasteiger partial charge in [0.05, 0.1) is 18.2 Å².